The molecule has 1 N–H and O–H groups in total. The first kappa shape index (κ1) is 15.3. The number of rotatable bonds is 2. The third-order valence-corrected chi connectivity index (χ3v) is 2.80. The van der Waals surface area contributed by atoms with Crippen molar-refractivity contribution in [1.82, 2.24) is 4.98 Å². The quantitative estimate of drug-likeness (QED) is 0.815. The summed E-state index contributed by atoms with van der Waals surface area (Å²) in [5.41, 5.74) is 1.73. The van der Waals surface area contributed by atoms with E-state index in [2.05, 4.69) is 10.3 Å². The Morgan fingerprint density at radius 3 is 2.52 bits per heavy atom. The van der Waals surface area contributed by atoms with E-state index >= 15 is 0 Å². The molecule has 0 atom stereocenters. The fourth-order valence-corrected chi connectivity index (χ4v) is 1.96. The highest BCUT2D eigenvalue weighted by molar-refractivity contribution is 6.29. The Hall–Kier alpha value is -2.07. The summed E-state index contributed by atoms with van der Waals surface area (Å²) in [5, 5.41) is 3.07. The van der Waals surface area contributed by atoms with Crippen molar-refractivity contribution in [3.05, 3.63) is 47.7 Å². The smallest absolute Gasteiger partial charge is 0.412 e. The number of aromatic nitrogens is 1. The van der Waals surface area contributed by atoms with Gasteiger partial charge in [-0.25, -0.2) is 9.78 Å². The van der Waals surface area contributed by atoms with Crippen molar-refractivity contribution in [3.63, 3.8) is 0 Å². The molecule has 5 heteroatoms. The first-order valence-corrected chi connectivity index (χ1v) is 6.94. The number of carbonyl (C=O) groups is 1. The number of amides is 1. The fourth-order valence-electron chi connectivity index (χ4n) is 1.80. The van der Waals surface area contributed by atoms with Crippen LogP contribution in [-0.2, 0) is 4.74 Å². The van der Waals surface area contributed by atoms with Gasteiger partial charge in [0.1, 0.15) is 10.8 Å². The van der Waals surface area contributed by atoms with E-state index in [9.17, 15) is 4.79 Å². The molecule has 0 unspecified atom stereocenters. The van der Waals surface area contributed by atoms with Crippen LogP contribution in [0, 0.1) is 0 Å². The first-order chi connectivity index (χ1) is 9.85. The van der Waals surface area contributed by atoms with Crippen molar-refractivity contribution in [2.24, 2.45) is 0 Å². The highest BCUT2D eigenvalue weighted by Crippen LogP contribution is 2.29. The Bertz CT molecular complexity index is 636. The van der Waals surface area contributed by atoms with Crippen LogP contribution in [0.15, 0.2) is 42.6 Å². The van der Waals surface area contributed by atoms with Gasteiger partial charge in [0, 0.05) is 5.56 Å². The number of pyridine rings is 1. The van der Waals surface area contributed by atoms with Crippen molar-refractivity contribution < 1.29 is 9.53 Å². The zero-order valence-corrected chi connectivity index (χ0v) is 12.9. The summed E-state index contributed by atoms with van der Waals surface area (Å²) in [6, 6.07) is 11.3. The maximum atomic E-state index is 11.9. The minimum Gasteiger partial charge on any atom is -0.444 e. The van der Waals surface area contributed by atoms with Gasteiger partial charge < -0.3 is 4.74 Å². The molecule has 0 aliphatic rings. The van der Waals surface area contributed by atoms with Gasteiger partial charge in [-0.3, -0.25) is 5.32 Å². The molecule has 21 heavy (non-hydrogen) atoms. The van der Waals surface area contributed by atoms with Crippen molar-refractivity contribution in [2.45, 2.75) is 26.4 Å². The van der Waals surface area contributed by atoms with E-state index in [1.807, 2.05) is 51.1 Å². The Morgan fingerprint density at radius 2 is 1.90 bits per heavy atom. The number of hydrogen-bond acceptors (Lipinski definition) is 3. The summed E-state index contributed by atoms with van der Waals surface area (Å²) < 4.78 is 5.25. The summed E-state index contributed by atoms with van der Waals surface area (Å²) in [4.78, 5) is 15.9. The molecule has 0 saturated carbocycles. The molecule has 1 amide bonds. The van der Waals surface area contributed by atoms with Crippen LogP contribution in [0.5, 0.6) is 0 Å². The average Bonchev–Trinajstić information content (AvgIpc) is 2.40. The number of nitrogens with one attached hydrogen (secondary N) is 1. The molecular weight excluding hydrogens is 288 g/mol. The Kier molecular flexibility index (Phi) is 4.48. The minimum atomic E-state index is -0.559. The summed E-state index contributed by atoms with van der Waals surface area (Å²) >= 11 is 5.95. The molecule has 4 nitrogen and oxygen atoms in total. The third-order valence-electron chi connectivity index (χ3n) is 2.59. The van der Waals surface area contributed by atoms with Gasteiger partial charge in [-0.05, 0) is 32.4 Å². The predicted octanol–water partition coefficient (Wildman–Crippen LogP) is 4.75. The summed E-state index contributed by atoms with van der Waals surface area (Å²) in [6.45, 7) is 5.43. The lowest BCUT2D eigenvalue weighted by atomic mass is 10.1. The van der Waals surface area contributed by atoms with E-state index < -0.39 is 11.7 Å². The number of carbonyl (C=O) groups excluding carboxylic acids is 1. The van der Waals surface area contributed by atoms with Gasteiger partial charge in [-0.15, -0.1) is 0 Å². The molecule has 0 bridgehead atoms. The average molecular weight is 305 g/mol. The molecule has 110 valence electrons. The Labute approximate surface area is 129 Å². The van der Waals surface area contributed by atoms with E-state index in [-0.39, 0.29) is 0 Å². The van der Waals surface area contributed by atoms with Crippen LogP contribution in [0.4, 0.5) is 10.5 Å². The maximum absolute atomic E-state index is 11.9. The highest BCUT2D eigenvalue weighted by atomic mass is 35.5. The normalized spacial score (nSPS) is 11.0. The standard InChI is InChI=1S/C16H17ClN2O2/c1-16(2,3)21-15(20)19-13-10-18-14(17)9-12(13)11-7-5-4-6-8-11/h4-10H,1-3H3,(H,19,20). The lowest BCUT2D eigenvalue weighted by molar-refractivity contribution is 0.0636. The lowest BCUT2D eigenvalue weighted by Crippen LogP contribution is -2.27. The molecule has 0 spiro atoms. The largest absolute Gasteiger partial charge is 0.444 e. The lowest BCUT2D eigenvalue weighted by Gasteiger charge is -2.20. The molecule has 0 aliphatic carbocycles. The van der Waals surface area contributed by atoms with Crippen LogP contribution < -0.4 is 5.32 Å². The number of nitrogens with zero attached hydrogens (tertiary/aromatic N) is 1. The molecule has 2 aromatic rings. The number of halogens is 1. The second-order valence-corrected chi connectivity index (χ2v) is 5.93. The zero-order valence-electron chi connectivity index (χ0n) is 12.2. The van der Waals surface area contributed by atoms with Crippen LogP contribution in [0.25, 0.3) is 11.1 Å². The monoisotopic (exact) mass is 304 g/mol. The van der Waals surface area contributed by atoms with Crippen molar-refractivity contribution in [2.75, 3.05) is 5.32 Å². The van der Waals surface area contributed by atoms with Crippen LogP contribution in [0.3, 0.4) is 0 Å². The van der Waals surface area contributed by atoms with E-state index in [4.69, 9.17) is 16.3 Å². The van der Waals surface area contributed by atoms with Gasteiger partial charge in [0.05, 0.1) is 11.9 Å². The zero-order chi connectivity index (χ0) is 15.5. The fraction of sp³-hybridized carbons (Fsp3) is 0.250. The minimum absolute atomic E-state index is 0.364. The van der Waals surface area contributed by atoms with Crippen LogP contribution in [0.2, 0.25) is 5.15 Å². The predicted molar refractivity (Wildman–Crippen MR) is 84.5 cm³/mol. The second-order valence-electron chi connectivity index (χ2n) is 5.55. The molecule has 0 aliphatic heterocycles. The Morgan fingerprint density at radius 1 is 1.24 bits per heavy atom. The van der Waals surface area contributed by atoms with E-state index in [1.54, 1.807) is 6.07 Å². The summed E-state index contributed by atoms with van der Waals surface area (Å²) in [6.07, 6.45) is 0.998. The van der Waals surface area contributed by atoms with Gasteiger partial charge in [-0.2, -0.15) is 0 Å². The van der Waals surface area contributed by atoms with Crippen LogP contribution >= 0.6 is 11.6 Å². The number of hydrogen-bond donors (Lipinski definition) is 1. The summed E-state index contributed by atoms with van der Waals surface area (Å²) in [7, 11) is 0. The van der Waals surface area contributed by atoms with Crippen molar-refractivity contribution in [1.29, 1.82) is 0 Å². The molecular formula is C16H17ClN2O2. The molecule has 2 rings (SSSR count). The van der Waals surface area contributed by atoms with Crippen molar-refractivity contribution in [3.8, 4) is 11.1 Å². The number of ether oxygens (including phenoxy) is 1. The molecule has 0 radical (unpaired) electrons. The van der Waals surface area contributed by atoms with Crippen molar-refractivity contribution >= 4 is 23.4 Å². The van der Waals surface area contributed by atoms with E-state index in [1.165, 1.54) is 6.20 Å². The SMILES string of the molecule is CC(C)(C)OC(=O)Nc1cnc(Cl)cc1-c1ccccc1. The Balaban J connectivity index is 2.30. The van der Waals surface area contributed by atoms with Gasteiger partial charge in [0.15, 0.2) is 0 Å². The number of anilines is 1. The third kappa shape index (κ3) is 4.46. The van der Waals surface area contributed by atoms with Gasteiger partial charge in [0.25, 0.3) is 0 Å². The molecule has 1 aromatic carbocycles. The topological polar surface area (TPSA) is 51.2 Å². The van der Waals surface area contributed by atoms with E-state index in [0.717, 1.165) is 11.1 Å². The first-order valence-electron chi connectivity index (χ1n) is 6.56. The van der Waals surface area contributed by atoms with E-state index in [0.29, 0.717) is 10.8 Å². The van der Waals surface area contributed by atoms with Crippen LogP contribution in [0.1, 0.15) is 20.8 Å². The van der Waals surface area contributed by atoms with Gasteiger partial charge in [-0.1, -0.05) is 41.9 Å². The molecule has 0 saturated heterocycles. The summed E-state index contributed by atoms with van der Waals surface area (Å²) in [5.74, 6) is 0. The molecule has 1 heterocycles. The van der Waals surface area contributed by atoms with Gasteiger partial charge in [0.2, 0.25) is 0 Å². The number of benzene rings is 1. The highest BCUT2D eigenvalue weighted by Gasteiger charge is 2.18. The van der Waals surface area contributed by atoms with Crippen LogP contribution in [-0.4, -0.2) is 16.7 Å². The molecule has 0 fully saturated rings. The molecule has 1 aromatic heterocycles. The van der Waals surface area contributed by atoms with Gasteiger partial charge >= 0.3 is 6.09 Å². The second kappa shape index (κ2) is 6.14. The maximum Gasteiger partial charge on any atom is 0.412 e.